The maximum Gasteiger partial charge on any atom is 0.176 e. The molecule has 1 fully saturated rings. The highest BCUT2D eigenvalue weighted by atomic mass is 35.5. The van der Waals surface area contributed by atoms with Crippen molar-refractivity contribution in [2.45, 2.75) is 0 Å². The zero-order chi connectivity index (χ0) is 21.9. The molecule has 0 unspecified atom stereocenters. The third-order valence-corrected chi connectivity index (χ3v) is 6.17. The summed E-state index contributed by atoms with van der Waals surface area (Å²) in [5.41, 5.74) is 2.66. The van der Waals surface area contributed by atoms with E-state index in [9.17, 15) is 4.79 Å². The average molecular weight is 443 g/mol. The molecule has 6 heteroatoms. The van der Waals surface area contributed by atoms with Crippen LogP contribution in [0.4, 0.5) is 5.82 Å². The Morgan fingerprint density at radius 1 is 0.781 bits per heavy atom. The lowest BCUT2D eigenvalue weighted by Crippen LogP contribution is -2.48. The Labute approximate surface area is 192 Å². The Bertz CT molecular complexity index is 1240. The van der Waals surface area contributed by atoms with Crippen LogP contribution in [-0.2, 0) is 0 Å². The van der Waals surface area contributed by atoms with Crippen LogP contribution in [0.2, 0.25) is 5.02 Å². The van der Waals surface area contributed by atoms with E-state index >= 15 is 0 Å². The number of anilines is 1. The Hall–Kier alpha value is -3.28. The van der Waals surface area contributed by atoms with Gasteiger partial charge in [-0.2, -0.15) is 0 Å². The van der Waals surface area contributed by atoms with Gasteiger partial charge in [0, 0.05) is 53.1 Å². The van der Waals surface area contributed by atoms with Gasteiger partial charge in [-0.05, 0) is 24.3 Å². The van der Waals surface area contributed by atoms with Crippen molar-refractivity contribution in [3.05, 3.63) is 89.4 Å². The average Bonchev–Trinajstić information content (AvgIpc) is 2.85. The van der Waals surface area contributed by atoms with Crippen LogP contribution in [0.5, 0.6) is 0 Å². The Morgan fingerprint density at radius 2 is 1.44 bits per heavy atom. The second-order valence-electron chi connectivity index (χ2n) is 7.98. The number of benzene rings is 3. The van der Waals surface area contributed by atoms with Crippen molar-refractivity contribution >= 4 is 34.0 Å². The predicted molar refractivity (Wildman–Crippen MR) is 129 cm³/mol. The molecule has 0 radical (unpaired) electrons. The van der Waals surface area contributed by atoms with Gasteiger partial charge in [0.1, 0.15) is 5.69 Å². The van der Waals surface area contributed by atoms with Crippen LogP contribution in [0.25, 0.3) is 22.0 Å². The monoisotopic (exact) mass is 442 g/mol. The zero-order valence-electron chi connectivity index (χ0n) is 17.6. The van der Waals surface area contributed by atoms with Crippen molar-refractivity contribution in [3.8, 4) is 11.3 Å². The van der Waals surface area contributed by atoms with E-state index in [1.54, 1.807) is 24.3 Å². The number of fused-ring (bicyclic) bond motifs is 1. The summed E-state index contributed by atoms with van der Waals surface area (Å²) in [4.78, 5) is 17.1. The smallest absolute Gasteiger partial charge is 0.176 e. The molecule has 0 bridgehead atoms. The maximum atomic E-state index is 12.6. The summed E-state index contributed by atoms with van der Waals surface area (Å²) >= 11 is 5.93. The van der Waals surface area contributed by atoms with Crippen molar-refractivity contribution in [2.75, 3.05) is 37.6 Å². The number of nitrogens with zero attached hydrogens (tertiary/aromatic N) is 4. The molecule has 5 nitrogen and oxygen atoms in total. The number of hydrogen-bond donors (Lipinski definition) is 0. The molecule has 0 atom stereocenters. The molecule has 0 aliphatic carbocycles. The van der Waals surface area contributed by atoms with Crippen molar-refractivity contribution in [3.63, 3.8) is 0 Å². The molecule has 0 N–H and O–H groups in total. The SMILES string of the molecule is O=C(CN1CCN(c2nnc(-c3ccccc3)c3ccccc23)CC1)c1ccc(Cl)cc1. The molecule has 0 saturated carbocycles. The molecule has 1 saturated heterocycles. The van der Waals surface area contributed by atoms with Crippen molar-refractivity contribution in [1.82, 2.24) is 15.1 Å². The van der Waals surface area contributed by atoms with Crippen LogP contribution in [0.15, 0.2) is 78.9 Å². The molecule has 2 heterocycles. The lowest BCUT2D eigenvalue weighted by atomic mass is 10.0. The van der Waals surface area contributed by atoms with Crippen molar-refractivity contribution < 1.29 is 4.79 Å². The molecule has 0 spiro atoms. The zero-order valence-corrected chi connectivity index (χ0v) is 18.4. The van der Waals surface area contributed by atoms with Gasteiger partial charge in [-0.25, -0.2) is 0 Å². The van der Waals surface area contributed by atoms with Crippen LogP contribution in [0, 0.1) is 0 Å². The fourth-order valence-electron chi connectivity index (χ4n) is 4.18. The lowest BCUT2D eigenvalue weighted by Gasteiger charge is -2.35. The van der Waals surface area contributed by atoms with Crippen LogP contribution in [-0.4, -0.2) is 53.6 Å². The summed E-state index contributed by atoms with van der Waals surface area (Å²) in [6.07, 6.45) is 0. The number of piperazine rings is 1. The van der Waals surface area contributed by atoms with Gasteiger partial charge in [0.15, 0.2) is 11.6 Å². The first-order valence-electron chi connectivity index (χ1n) is 10.8. The molecular formula is C26H23ClN4O. The van der Waals surface area contributed by atoms with Gasteiger partial charge >= 0.3 is 0 Å². The summed E-state index contributed by atoms with van der Waals surface area (Å²) in [6, 6.07) is 25.6. The highest BCUT2D eigenvalue weighted by molar-refractivity contribution is 6.30. The molecule has 1 aliphatic rings. The molecule has 0 amide bonds. The quantitative estimate of drug-likeness (QED) is 0.409. The standard InChI is InChI=1S/C26H23ClN4O/c27-21-12-10-19(11-13-21)24(32)18-30-14-16-31(17-15-30)26-23-9-5-4-8-22(23)25(28-29-26)20-6-2-1-3-7-20/h1-13H,14-18H2. The first kappa shape index (κ1) is 20.6. The van der Waals surface area contributed by atoms with E-state index in [2.05, 4.69) is 44.3 Å². The van der Waals surface area contributed by atoms with E-state index in [-0.39, 0.29) is 5.78 Å². The summed E-state index contributed by atoms with van der Waals surface area (Å²) < 4.78 is 0. The van der Waals surface area contributed by atoms with Gasteiger partial charge in [-0.1, -0.05) is 66.2 Å². The number of carbonyl (C=O) groups excluding carboxylic acids is 1. The summed E-state index contributed by atoms with van der Waals surface area (Å²) in [7, 11) is 0. The molecule has 3 aromatic carbocycles. The summed E-state index contributed by atoms with van der Waals surface area (Å²) in [5.74, 6) is 1.02. The molecule has 1 aromatic heterocycles. The highest BCUT2D eigenvalue weighted by Gasteiger charge is 2.23. The topological polar surface area (TPSA) is 49.3 Å². The third kappa shape index (κ3) is 4.22. The minimum absolute atomic E-state index is 0.118. The van der Waals surface area contributed by atoms with E-state index in [1.165, 1.54) is 0 Å². The van der Waals surface area contributed by atoms with Crippen LogP contribution >= 0.6 is 11.6 Å². The first-order valence-corrected chi connectivity index (χ1v) is 11.1. The van der Waals surface area contributed by atoms with Crippen LogP contribution in [0.1, 0.15) is 10.4 Å². The summed E-state index contributed by atoms with van der Waals surface area (Å²) in [6.45, 7) is 3.62. The Kier molecular flexibility index (Phi) is 5.84. The van der Waals surface area contributed by atoms with Gasteiger partial charge in [-0.3, -0.25) is 9.69 Å². The molecule has 32 heavy (non-hydrogen) atoms. The minimum Gasteiger partial charge on any atom is -0.352 e. The predicted octanol–water partition coefficient (Wildman–Crippen LogP) is 4.96. The number of hydrogen-bond acceptors (Lipinski definition) is 5. The number of aromatic nitrogens is 2. The van der Waals surface area contributed by atoms with Gasteiger partial charge in [0.25, 0.3) is 0 Å². The number of rotatable bonds is 5. The molecular weight excluding hydrogens is 420 g/mol. The van der Waals surface area contributed by atoms with Gasteiger partial charge in [0.05, 0.1) is 6.54 Å². The molecule has 4 aromatic rings. The van der Waals surface area contributed by atoms with Crippen LogP contribution in [0.3, 0.4) is 0 Å². The Balaban J connectivity index is 1.32. The van der Waals surface area contributed by atoms with E-state index in [0.717, 1.165) is 54.0 Å². The lowest BCUT2D eigenvalue weighted by molar-refractivity contribution is 0.0926. The number of Topliss-reactive ketones (excluding diaryl/α,β-unsaturated/α-hetero) is 1. The van der Waals surface area contributed by atoms with Gasteiger partial charge in [-0.15, -0.1) is 10.2 Å². The summed E-state index contributed by atoms with van der Waals surface area (Å²) in [5, 5.41) is 12.1. The fourth-order valence-corrected chi connectivity index (χ4v) is 4.31. The number of carbonyl (C=O) groups is 1. The number of halogens is 1. The first-order chi connectivity index (χ1) is 15.7. The van der Waals surface area contributed by atoms with E-state index in [1.807, 2.05) is 30.3 Å². The highest BCUT2D eigenvalue weighted by Crippen LogP contribution is 2.31. The second-order valence-corrected chi connectivity index (χ2v) is 8.41. The number of ketones is 1. The Morgan fingerprint density at radius 3 is 2.16 bits per heavy atom. The third-order valence-electron chi connectivity index (χ3n) is 5.92. The fraction of sp³-hybridized carbons (Fsp3) is 0.192. The van der Waals surface area contributed by atoms with Crippen molar-refractivity contribution in [2.24, 2.45) is 0 Å². The second kappa shape index (κ2) is 9.07. The molecule has 1 aliphatic heterocycles. The minimum atomic E-state index is 0.118. The van der Waals surface area contributed by atoms with E-state index in [4.69, 9.17) is 11.6 Å². The normalized spacial score (nSPS) is 14.6. The van der Waals surface area contributed by atoms with E-state index in [0.29, 0.717) is 17.1 Å². The van der Waals surface area contributed by atoms with Gasteiger partial charge < -0.3 is 4.90 Å². The largest absolute Gasteiger partial charge is 0.352 e. The van der Waals surface area contributed by atoms with Gasteiger partial charge in [0.2, 0.25) is 0 Å². The molecule has 160 valence electrons. The van der Waals surface area contributed by atoms with Crippen molar-refractivity contribution in [1.29, 1.82) is 0 Å². The van der Waals surface area contributed by atoms with Crippen LogP contribution < -0.4 is 4.90 Å². The van der Waals surface area contributed by atoms with E-state index < -0.39 is 0 Å². The molecule has 5 rings (SSSR count). The maximum absolute atomic E-state index is 12.6.